The molecule has 0 aliphatic rings. The normalized spacial score (nSPS) is 11.3. The van der Waals surface area contributed by atoms with E-state index in [-0.39, 0.29) is 39.3 Å². The fourth-order valence-electron chi connectivity index (χ4n) is 2.84. The number of esters is 1. The molecule has 2 aromatic rings. The Bertz CT molecular complexity index is 1110. The van der Waals surface area contributed by atoms with Gasteiger partial charge in [-0.05, 0) is 41.8 Å². The number of carboxylic acids is 1. The maximum atomic E-state index is 12.3. The Kier molecular flexibility index (Phi) is 9.65. The SMILES string of the molecule is C=C(CC)C(=O)c1ccc(OCC(=O)Oc2ccc(C[C@H](NC(C)=O)C(=O)O)cc2)c(Cl)c1Cl. The largest absolute Gasteiger partial charge is 0.480 e. The van der Waals surface area contributed by atoms with Crippen molar-refractivity contribution in [3.05, 3.63) is 69.7 Å². The second kappa shape index (κ2) is 12.2. The number of hydrogen-bond acceptors (Lipinski definition) is 6. The van der Waals surface area contributed by atoms with Crippen LogP contribution >= 0.6 is 23.2 Å². The smallest absolute Gasteiger partial charge is 0.349 e. The molecule has 1 amide bonds. The fourth-order valence-corrected chi connectivity index (χ4v) is 3.30. The average molecular weight is 508 g/mol. The number of carbonyl (C=O) groups excluding carboxylic acids is 3. The van der Waals surface area contributed by atoms with Crippen molar-refractivity contribution in [2.75, 3.05) is 6.61 Å². The summed E-state index contributed by atoms with van der Waals surface area (Å²) in [4.78, 5) is 46.8. The number of carboxylic acid groups (broad SMARTS) is 1. The van der Waals surface area contributed by atoms with Gasteiger partial charge >= 0.3 is 11.9 Å². The van der Waals surface area contributed by atoms with E-state index in [4.69, 9.17) is 32.7 Å². The molecule has 180 valence electrons. The third kappa shape index (κ3) is 7.33. The number of nitrogens with one attached hydrogen (secondary N) is 1. The molecular formula is C24H23Cl2NO7. The van der Waals surface area contributed by atoms with E-state index in [9.17, 15) is 24.3 Å². The predicted molar refractivity (Wildman–Crippen MR) is 127 cm³/mol. The Morgan fingerprint density at radius 3 is 2.26 bits per heavy atom. The van der Waals surface area contributed by atoms with Crippen molar-refractivity contribution in [2.24, 2.45) is 0 Å². The van der Waals surface area contributed by atoms with Crippen LogP contribution in [-0.2, 0) is 20.8 Å². The molecule has 2 N–H and O–H groups in total. The number of ether oxygens (including phenoxy) is 2. The van der Waals surface area contributed by atoms with Crippen LogP contribution in [0.3, 0.4) is 0 Å². The van der Waals surface area contributed by atoms with E-state index in [1.807, 2.05) is 0 Å². The molecule has 34 heavy (non-hydrogen) atoms. The Balaban J connectivity index is 1.97. The van der Waals surface area contributed by atoms with Crippen molar-refractivity contribution >= 4 is 46.8 Å². The van der Waals surface area contributed by atoms with Crippen LogP contribution in [0.15, 0.2) is 48.6 Å². The molecule has 0 aromatic heterocycles. The number of carbonyl (C=O) groups is 4. The van der Waals surface area contributed by atoms with Crippen molar-refractivity contribution < 1.29 is 33.8 Å². The Morgan fingerprint density at radius 1 is 1.06 bits per heavy atom. The number of rotatable bonds is 11. The molecule has 2 rings (SSSR count). The molecule has 0 spiro atoms. The van der Waals surface area contributed by atoms with E-state index in [2.05, 4.69) is 11.9 Å². The Labute approximate surface area is 206 Å². The molecule has 0 aliphatic carbocycles. The first kappa shape index (κ1) is 26.9. The topological polar surface area (TPSA) is 119 Å². The van der Waals surface area contributed by atoms with E-state index < -0.39 is 30.5 Å². The van der Waals surface area contributed by atoms with Gasteiger partial charge in [0.1, 0.15) is 22.6 Å². The zero-order valence-corrected chi connectivity index (χ0v) is 20.0. The third-order valence-electron chi connectivity index (χ3n) is 4.66. The van der Waals surface area contributed by atoms with E-state index in [0.717, 1.165) is 0 Å². The van der Waals surface area contributed by atoms with Crippen LogP contribution in [0.2, 0.25) is 10.0 Å². The monoisotopic (exact) mass is 507 g/mol. The maximum Gasteiger partial charge on any atom is 0.349 e. The zero-order valence-electron chi connectivity index (χ0n) is 18.5. The highest BCUT2D eigenvalue weighted by Crippen LogP contribution is 2.35. The van der Waals surface area contributed by atoms with Crippen molar-refractivity contribution in [1.82, 2.24) is 5.32 Å². The number of hydrogen-bond donors (Lipinski definition) is 2. The second-order valence-corrected chi connectivity index (χ2v) is 7.98. The summed E-state index contributed by atoms with van der Waals surface area (Å²) in [6.45, 7) is 6.25. The number of allylic oxidation sites excluding steroid dienone is 1. The van der Waals surface area contributed by atoms with E-state index >= 15 is 0 Å². The highest BCUT2D eigenvalue weighted by atomic mass is 35.5. The van der Waals surface area contributed by atoms with E-state index in [0.29, 0.717) is 17.6 Å². The van der Waals surface area contributed by atoms with Crippen LogP contribution < -0.4 is 14.8 Å². The molecule has 2 aromatic carbocycles. The van der Waals surface area contributed by atoms with Crippen molar-refractivity contribution in [3.8, 4) is 11.5 Å². The van der Waals surface area contributed by atoms with Crippen LogP contribution in [0.5, 0.6) is 11.5 Å². The van der Waals surface area contributed by atoms with Crippen molar-refractivity contribution in [2.45, 2.75) is 32.7 Å². The minimum atomic E-state index is -1.16. The van der Waals surface area contributed by atoms with Gasteiger partial charge in [-0.2, -0.15) is 0 Å². The van der Waals surface area contributed by atoms with Gasteiger partial charge in [0.15, 0.2) is 12.4 Å². The van der Waals surface area contributed by atoms with Gasteiger partial charge in [-0.3, -0.25) is 9.59 Å². The van der Waals surface area contributed by atoms with Gasteiger partial charge in [-0.15, -0.1) is 0 Å². The van der Waals surface area contributed by atoms with Gasteiger partial charge in [0, 0.05) is 18.9 Å². The predicted octanol–water partition coefficient (Wildman–Crippen LogP) is 4.26. The molecule has 10 heteroatoms. The molecule has 8 nitrogen and oxygen atoms in total. The van der Waals surface area contributed by atoms with Gasteiger partial charge in [0.25, 0.3) is 0 Å². The van der Waals surface area contributed by atoms with Crippen molar-refractivity contribution in [3.63, 3.8) is 0 Å². The van der Waals surface area contributed by atoms with Crippen LogP contribution in [0, 0.1) is 0 Å². The minimum absolute atomic E-state index is 0.00153. The second-order valence-electron chi connectivity index (χ2n) is 7.23. The lowest BCUT2D eigenvalue weighted by atomic mass is 10.0. The molecule has 0 radical (unpaired) electrons. The summed E-state index contributed by atoms with van der Waals surface area (Å²) in [7, 11) is 0. The molecule has 0 saturated carbocycles. The Hall–Kier alpha value is -3.36. The fraction of sp³-hybridized carbons (Fsp3) is 0.250. The van der Waals surface area contributed by atoms with Crippen LogP contribution in [0.25, 0.3) is 0 Å². The molecule has 0 fully saturated rings. The highest BCUT2D eigenvalue weighted by molar-refractivity contribution is 6.45. The molecule has 0 unspecified atom stereocenters. The maximum absolute atomic E-state index is 12.3. The van der Waals surface area contributed by atoms with Gasteiger partial charge in [0.05, 0.1) is 5.02 Å². The molecule has 0 aliphatic heterocycles. The van der Waals surface area contributed by atoms with Crippen LogP contribution in [0.4, 0.5) is 0 Å². The van der Waals surface area contributed by atoms with Crippen LogP contribution in [0.1, 0.15) is 36.2 Å². The summed E-state index contributed by atoms with van der Waals surface area (Å²) in [6, 6.07) is 7.95. The lowest BCUT2D eigenvalue weighted by Gasteiger charge is -2.14. The number of benzene rings is 2. The number of ketones is 1. The van der Waals surface area contributed by atoms with Gasteiger partial charge in [0.2, 0.25) is 5.91 Å². The lowest BCUT2D eigenvalue weighted by molar-refractivity contribution is -0.141. The molecule has 0 bridgehead atoms. The third-order valence-corrected chi connectivity index (χ3v) is 5.52. The Morgan fingerprint density at radius 2 is 1.71 bits per heavy atom. The minimum Gasteiger partial charge on any atom is -0.480 e. The summed E-state index contributed by atoms with van der Waals surface area (Å²) >= 11 is 12.4. The quantitative estimate of drug-likeness (QED) is 0.202. The van der Waals surface area contributed by atoms with Gasteiger partial charge in [-0.1, -0.05) is 48.8 Å². The van der Waals surface area contributed by atoms with E-state index in [1.54, 1.807) is 19.1 Å². The standard InChI is InChI=1S/C24H23Cl2NO7/c1-4-13(2)23(30)17-9-10-19(22(26)21(17)25)33-12-20(29)34-16-7-5-15(6-8-16)11-18(24(31)32)27-14(3)28/h5-10,18H,2,4,11-12H2,1,3H3,(H,27,28)(H,31,32)/t18-/m0/s1. The van der Waals surface area contributed by atoms with Crippen LogP contribution in [-0.4, -0.2) is 41.4 Å². The average Bonchev–Trinajstić information content (AvgIpc) is 2.79. The van der Waals surface area contributed by atoms with Gasteiger partial charge < -0.3 is 19.9 Å². The summed E-state index contributed by atoms with van der Waals surface area (Å²) in [6.07, 6.45) is 0.531. The summed E-state index contributed by atoms with van der Waals surface area (Å²) in [5.41, 5.74) is 1.20. The first-order valence-electron chi connectivity index (χ1n) is 10.2. The van der Waals surface area contributed by atoms with Gasteiger partial charge in [-0.25, -0.2) is 9.59 Å². The molecular weight excluding hydrogens is 485 g/mol. The number of halogens is 2. The lowest BCUT2D eigenvalue weighted by Crippen LogP contribution is -2.41. The highest BCUT2D eigenvalue weighted by Gasteiger charge is 2.20. The first-order valence-corrected chi connectivity index (χ1v) is 10.9. The summed E-state index contributed by atoms with van der Waals surface area (Å²) in [5, 5.41) is 11.5. The molecule has 0 heterocycles. The molecule has 1 atom stereocenters. The van der Waals surface area contributed by atoms with Crippen molar-refractivity contribution in [1.29, 1.82) is 0 Å². The summed E-state index contributed by atoms with van der Waals surface area (Å²) < 4.78 is 10.6. The number of aliphatic carboxylic acids is 1. The molecule has 0 saturated heterocycles. The first-order chi connectivity index (χ1) is 16.0. The number of amides is 1. The number of Topliss-reactive ketones (excluding diaryl/α,β-unsaturated/α-hetero) is 1. The van der Waals surface area contributed by atoms with E-state index in [1.165, 1.54) is 31.2 Å². The summed E-state index contributed by atoms with van der Waals surface area (Å²) in [5.74, 6) is -2.33. The zero-order chi connectivity index (χ0) is 25.4.